The van der Waals surface area contributed by atoms with Gasteiger partial charge in [0, 0.05) is 14.1 Å². The minimum Gasteiger partial charge on any atom is -0.348 e. The number of hydrogen-bond acceptors (Lipinski definition) is 2. The van der Waals surface area contributed by atoms with Gasteiger partial charge in [0.05, 0.1) is 0 Å². The maximum Gasteiger partial charge on any atom is 0.239 e. The van der Waals surface area contributed by atoms with Crippen molar-refractivity contribution in [3.63, 3.8) is 0 Å². The lowest BCUT2D eigenvalue weighted by Crippen LogP contribution is -2.25. The zero-order chi connectivity index (χ0) is 9.84. The van der Waals surface area contributed by atoms with Crippen LogP contribution in [0.15, 0.2) is 30.3 Å². The third kappa shape index (κ3) is 2.49. The molecule has 1 rings (SSSR count). The van der Waals surface area contributed by atoms with Gasteiger partial charge in [0.25, 0.3) is 0 Å². The van der Waals surface area contributed by atoms with Crippen LogP contribution in [0.1, 0.15) is 10.8 Å². The van der Waals surface area contributed by atoms with Gasteiger partial charge in [-0.3, -0.25) is 4.79 Å². The van der Waals surface area contributed by atoms with Crippen LogP contribution in [0.5, 0.6) is 0 Å². The fraction of sp³-hybridized carbons (Fsp3) is 0.300. The molecule has 0 aromatic heterocycles. The second-order valence-electron chi connectivity index (χ2n) is 3.05. The van der Waals surface area contributed by atoms with Crippen LogP contribution >= 0.6 is 12.6 Å². The number of hydrogen-bond donors (Lipinski definition) is 1. The lowest BCUT2D eigenvalue weighted by molar-refractivity contribution is -0.128. The summed E-state index contributed by atoms with van der Waals surface area (Å²) in [4.78, 5) is 13.0. The third-order valence-electron chi connectivity index (χ3n) is 1.79. The molecule has 0 N–H and O–H groups in total. The molecule has 0 heterocycles. The summed E-state index contributed by atoms with van der Waals surface area (Å²) >= 11 is 4.26. The van der Waals surface area contributed by atoms with E-state index in [0.717, 1.165) is 5.56 Å². The highest BCUT2D eigenvalue weighted by Crippen LogP contribution is 2.20. The molecule has 0 aliphatic carbocycles. The monoisotopic (exact) mass is 195 g/mol. The summed E-state index contributed by atoms with van der Waals surface area (Å²) in [6, 6.07) is 9.53. The standard InChI is InChI=1S/C10H13NOS/c1-11(2)10(12)9(13)8-6-4-3-5-7-8/h3-7,9,13H,1-2H3. The zero-order valence-electron chi connectivity index (χ0n) is 7.77. The number of carbonyl (C=O) groups excluding carboxylic acids is 1. The molecule has 1 unspecified atom stereocenters. The van der Waals surface area contributed by atoms with Crippen LogP contribution in [0.25, 0.3) is 0 Å². The van der Waals surface area contributed by atoms with E-state index in [9.17, 15) is 4.79 Å². The molecule has 0 saturated heterocycles. The summed E-state index contributed by atoms with van der Waals surface area (Å²) in [6.45, 7) is 0. The van der Waals surface area contributed by atoms with Gasteiger partial charge in [0.2, 0.25) is 5.91 Å². The molecule has 1 aromatic rings. The first-order valence-electron chi connectivity index (χ1n) is 4.07. The molecule has 2 nitrogen and oxygen atoms in total. The van der Waals surface area contributed by atoms with Crippen molar-refractivity contribution in [2.24, 2.45) is 0 Å². The Balaban J connectivity index is 2.80. The molecular formula is C10H13NOS. The number of likely N-dealkylation sites (N-methyl/N-ethyl adjacent to an activating group) is 1. The largest absolute Gasteiger partial charge is 0.348 e. The summed E-state index contributed by atoms with van der Waals surface area (Å²) in [5.41, 5.74) is 0.935. The predicted molar refractivity (Wildman–Crippen MR) is 56.9 cm³/mol. The van der Waals surface area contributed by atoms with Crippen molar-refractivity contribution in [1.29, 1.82) is 0 Å². The molecule has 3 heteroatoms. The number of carbonyl (C=O) groups is 1. The molecule has 0 spiro atoms. The minimum absolute atomic E-state index is 0.00883. The molecule has 0 aliphatic rings. The normalized spacial score (nSPS) is 12.2. The average molecular weight is 195 g/mol. The molecule has 70 valence electrons. The Kier molecular flexibility index (Phi) is 3.37. The Morgan fingerprint density at radius 2 is 1.85 bits per heavy atom. The first kappa shape index (κ1) is 10.1. The average Bonchev–Trinajstić information content (AvgIpc) is 2.17. The van der Waals surface area contributed by atoms with Crippen LogP contribution in [-0.4, -0.2) is 24.9 Å². The van der Waals surface area contributed by atoms with Crippen LogP contribution < -0.4 is 0 Å². The molecule has 1 aromatic carbocycles. The molecule has 1 atom stereocenters. The Bertz CT molecular complexity index is 284. The van der Waals surface area contributed by atoms with Crippen molar-refractivity contribution in [3.05, 3.63) is 35.9 Å². The molecule has 1 amide bonds. The third-order valence-corrected chi connectivity index (χ3v) is 2.31. The SMILES string of the molecule is CN(C)C(=O)C(S)c1ccccc1. The van der Waals surface area contributed by atoms with Crippen molar-refractivity contribution >= 4 is 18.5 Å². The number of amides is 1. The van der Waals surface area contributed by atoms with Crippen LogP contribution in [0.2, 0.25) is 0 Å². The van der Waals surface area contributed by atoms with Crippen LogP contribution in [0.4, 0.5) is 0 Å². The van der Waals surface area contributed by atoms with E-state index < -0.39 is 0 Å². The highest BCUT2D eigenvalue weighted by molar-refractivity contribution is 7.81. The van der Waals surface area contributed by atoms with Gasteiger partial charge in [0.1, 0.15) is 5.25 Å². The van der Waals surface area contributed by atoms with E-state index in [1.165, 1.54) is 0 Å². The highest BCUT2D eigenvalue weighted by Gasteiger charge is 2.16. The van der Waals surface area contributed by atoms with Crippen molar-refractivity contribution in [2.45, 2.75) is 5.25 Å². The molecular weight excluding hydrogens is 182 g/mol. The minimum atomic E-state index is -0.351. The predicted octanol–water partition coefficient (Wildman–Crippen LogP) is 1.75. The highest BCUT2D eigenvalue weighted by atomic mass is 32.1. The van der Waals surface area contributed by atoms with E-state index in [2.05, 4.69) is 12.6 Å². The van der Waals surface area contributed by atoms with E-state index in [4.69, 9.17) is 0 Å². The summed E-state index contributed by atoms with van der Waals surface area (Å²) in [6.07, 6.45) is 0. The van der Waals surface area contributed by atoms with Crippen molar-refractivity contribution in [3.8, 4) is 0 Å². The summed E-state index contributed by atoms with van der Waals surface area (Å²) in [5, 5.41) is -0.351. The van der Waals surface area contributed by atoms with Crippen molar-refractivity contribution in [2.75, 3.05) is 14.1 Å². The Hall–Kier alpha value is -0.960. The molecule has 13 heavy (non-hydrogen) atoms. The van der Waals surface area contributed by atoms with Gasteiger partial charge in [-0.05, 0) is 5.56 Å². The first-order valence-corrected chi connectivity index (χ1v) is 4.58. The lowest BCUT2D eigenvalue weighted by Gasteiger charge is -2.15. The second-order valence-corrected chi connectivity index (χ2v) is 3.56. The summed E-state index contributed by atoms with van der Waals surface area (Å²) in [7, 11) is 3.46. The van der Waals surface area contributed by atoms with E-state index in [1.807, 2.05) is 30.3 Å². The van der Waals surface area contributed by atoms with Crippen molar-refractivity contribution < 1.29 is 4.79 Å². The molecule has 0 saturated carbocycles. The summed E-state index contributed by atoms with van der Waals surface area (Å²) < 4.78 is 0. The zero-order valence-corrected chi connectivity index (χ0v) is 8.66. The fourth-order valence-corrected chi connectivity index (χ4v) is 1.43. The topological polar surface area (TPSA) is 20.3 Å². The van der Waals surface area contributed by atoms with Crippen molar-refractivity contribution in [1.82, 2.24) is 4.90 Å². The van der Waals surface area contributed by atoms with Gasteiger partial charge >= 0.3 is 0 Å². The molecule has 0 aliphatic heterocycles. The number of rotatable bonds is 2. The van der Waals surface area contributed by atoms with E-state index in [0.29, 0.717) is 0 Å². The quantitative estimate of drug-likeness (QED) is 0.713. The maximum absolute atomic E-state index is 11.5. The van der Waals surface area contributed by atoms with Gasteiger partial charge in [0.15, 0.2) is 0 Å². The van der Waals surface area contributed by atoms with Crippen LogP contribution in [-0.2, 0) is 4.79 Å². The Morgan fingerprint density at radius 1 is 1.31 bits per heavy atom. The Labute approximate surface area is 84.0 Å². The lowest BCUT2D eigenvalue weighted by atomic mass is 10.1. The molecule has 0 radical (unpaired) electrons. The summed E-state index contributed by atoms with van der Waals surface area (Å²) in [5.74, 6) is 0.00883. The fourth-order valence-electron chi connectivity index (χ4n) is 1.02. The molecule has 0 bridgehead atoms. The smallest absolute Gasteiger partial charge is 0.239 e. The van der Waals surface area contributed by atoms with E-state index >= 15 is 0 Å². The van der Waals surface area contributed by atoms with Crippen LogP contribution in [0.3, 0.4) is 0 Å². The van der Waals surface area contributed by atoms with Gasteiger partial charge in [-0.15, -0.1) is 0 Å². The van der Waals surface area contributed by atoms with E-state index in [-0.39, 0.29) is 11.2 Å². The van der Waals surface area contributed by atoms with Gasteiger partial charge in [-0.1, -0.05) is 30.3 Å². The number of nitrogens with zero attached hydrogens (tertiary/aromatic N) is 1. The van der Waals surface area contributed by atoms with Crippen LogP contribution in [0, 0.1) is 0 Å². The number of benzene rings is 1. The van der Waals surface area contributed by atoms with Gasteiger partial charge < -0.3 is 4.90 Å². The van der Waals surface area contributed by atoms with Gasteiger partial charge in [-0.25, -0.2) is 0 Å². The van der Waals surface area contributed by atoms with Gasteiger partial charge in [-0.2, -0.15) is 12.6 Å². The number of thiol groups is 1. The molecule has 0 fully saturated rings. The maximum atomic E-state index is 11.5. The first-order chi connectivity index (χ1) is 6.13. The van der Waals surface area contributed by atoms with E-state index in [1.54, 1.807) is 19.0 Å². The second kappa shape index (κ2) is 4.33. The Morgan fingerprint density at radius 3 is 2.31 bits per heavy atom.